The fourth-order valence-corrected chi connectivity index (χ4v) is 4.67. The van der Waals surface area contributed by atoms with E-state index < -0.39 is 10.8 Å². The van der Waals surface area contributed by atoms with Crippen molar-refractivity contribution in [2.24, 2.45) is 0 Å². The van der Waals surface area contributed by atoms with Crippen LogP contribution in [0.3, 0.4) is 0 Å². The molecule has 0 saturated carbocycles. The van der Waals surface area contributed by atoms with Crippen LogP contribution in [0.15, 0.2) is 91.0 Å². The number of para-hydroxylation sites is 2. The molecule has 0 spiro atoms. The molecule has 0 bridgehead atoms. The Balaban J connectivity index is 1.34. The van der Waals surface area contributed by atoms with Crippen LogP contribution in [0, 0.1) is 10.1 Å². The molecule has 1 aliphatic rings. The van der Waals surface area contributed by atoms with E-state index in [1.807, 2.05) is 66.7 Å². The lowest BCUT2D eigenvalue weighted by Crippen LogP contribution is -2.29. The third kappa shape index (κ3) is 5.57. The number of halogens is 1. The standard InChI is InChI=1S/C29H24ClN3O4/c30-26-14-13-23(33(35)36)18-25(26)29(34)31-22-12-15-27-20(17-22)8-6-16-32(27)19-21-7-4-5-11-28(21)37-24-9-2-1-3-10-24/h1-5,7,9-15,17-18H,6,8,16,19H2,(H,31,34). The molecule has 4 aromatic rings. The number of nitrogens with one attached hydrogen (secondary N) is 1. The summed E-state index contributed by atoms with van der Waals surface area (Å²) in [6, 6.07) is 27.4. The van der Waals surface area contributed by atoms with Gasteiger partial charge in [0.05, 0.1) is 15.5 Å². The summed E-state index contributed by atoms with van der Waals surface area (Å²) in [5.41, 5.74) is 3.79. The van der Waals surface area contributed by atoms with Gasteiger partial charge in [0.25, 0.3) is 11.6 Å². The van der Waals surface area contributed by atoms with E-state index in [2.05, 4.69) is 16.3 Å². The van der Waals surface area contributed by atoms with Gasteiger partial charge in [0.15, 0.2) is 0 Å². The minimum absolute atomic E-state index is 0.0604. The van der Waals surface area contributed by atoms with Gasteiger partial charge in [-0.1, -0.05) is 48.0 Å². The second kappa shape index (κ2) is 10.7. The van der Waals surface area contributed by atoms with E-state index in [-0.39, 0.29) is 16.3 Å². The molecule has 0 atom stereocenters. The Morgan fingerprint density at radius 2 is 1.78 bits per heavy atom. The smallest absolute Gasteiger partial charge is 0.270 e. The monoisotopic (exact) mass is 513 g/mol. The van der Waals surface area contributed by atoms with Gasteiger partial charge in [0, 0.05) is 42.2 Å². The quantitative estimate of drug-likeness (QED) is 0.208. The van der Waals surface area contributed by atoms with Gasteiger partial charge < -0.3 is 15.0 Å². The number of aryl methyl sites for hydroxylation is 1. The molecule has 37 heavy (non-hydrogen) atoms. The molecule has 186 valence electrons. The van der Waals surface area contributed by atoms with Crippen molar-refractivity contribution in [3.8, 4) is 11.5 Å². The zero-order valence-corrected chi connectivity index (χ0v) is 20.6. The molecular formula is C29H24ClN3O4. The summed E-state index contributed by atoms with van der Waals surface area (Å²) in [6.45, 7) is 1.59. The van der Waals surface area contributed by atoms with E-state index in [0.717, 1.165) is 47.7 Å². The Bertz CT molecular complexity index is 1460. The van der Waals surface area contributed by atoms with E-state index >= 15 is 0 Å². The highest BCUT2D eigenvalue weighted by molar-refractivity contribution is 6.34. The maximum Gasteiger partial charge on any atom is 0.270 e. The number of benzene rings is 4. The average Bonchev–Trinajstić information content (AvgIpc) is 2.90. The van der Waals surface area contributed by atoms with Gasteiger partial charge in [-0.05, 0) is 60.9 Å². The number of carbonyl (C=O) groups is 1. The third-order valence-corrected chi connectivity index (χ3v) is 6.59. The Morgan fingerprint density at radius 1 is 1.00 bits per heavy atom. The summed E-state index contributed by atoms with van der Waals surface area (Å²) in [7, 11) is 0. The number of nitro benzene ring substituents is 1. The third-order valence-electron chi connectivity index (χ3n) is 6.26. The van der Waals surface area contributed by atoms with E-state index in [1.54, 1.807) is 0 Å². The molecule has 0 aliphatic carbocycles. The lowest BCUT2D eigenvalue weighted by molar-refractivity contribution is -0.384. The summed E-state index contributed by atoms with van der Waals surface area (Å²) < 4.78 is 6.15. The van der Waals surface area contributed by atoms with Crippen molar-refractivity contribution in [3.05, 3.63) is 123 Å². The largest absolute Gasteiger partial charge is 0.457 e. The Kier molecular flexibility index (Phi) is 7.05. The number of nitro groups is 1. The van der Waals surface area contributed by atoms with E-state index in [9.17, 15) is 14.9 Å². The molecule has 0 aromatic heterocycles. The number of ether oxygens (including phenoxy) is 1. The molecule has 1 aliphatic heterocycles. The molecule has 7 nitrogen and oxygen atoms in total. The van der Waals surface area contributed by atoms with Gasteiger partial charge in [0.2, 0.25) is 0 Å². The van der Waals surface area contributed by atoms with E-state index in [0.29, 0.717) is 12.2 Å². The number of rotatable bonds is 7. The van der Waals surface area contributed by atoms with Gasteiger partial charge >= 0.3 is 0 Å². The molecule has 8 heteroatoms. The molecular weight excluding hydrogens is 490 g/mol. The van der Waals surface area contributed by atoms with Crippen LogP contribution in [0.5, 0.6) is 11.5 Å². The van der Waals surface area contributed by atoms with E-state index in [4.69, 9.17) is 16.3 Å². The number of hydrogen-bond acceptors (Lipinski definition) is 5. The van der Waals surface area contributed by atoms with Gasteiger partial charge in [-0.25, -0.2) is 0 Å². The minimum Gasteiger partial charge on any atom is -0.457 e. The molecule has 5 rings (SSSR count). The van der Waals surface area contributed by atoms with Gasteiger partial charge in [0.1, 0.15) is 11.5 Å². The van der Waals surface area contributed by atoms with Crippen LogP contribution in [0.1, 0.15) is 27.9 Å². The Hall–Kier alpha value is -4.36. The highest BCUT2D eigenvalue weighted by Crippen LogP contribution is 2.34. The van der Waals surface area contributed by atoms with Crippen molar-refractivity contribution < 1.29 is 14.5 Å². The molecule has 4 aromatic carbocycles. The summed E-state index contributed by atoms with van der Waals surface area (Å²) in [4.78, 5) is 25.7. The predicted molar refractivity (Wildman–Crippen MR) is 145 cm³/mol. The number of amides is 1. The first kappa shape index (κ1) is 24.3. The second-order valence-electron chi connectivity index (χ2n) is 8.77. The maximum absolute atomic E-state index is 12.8. The van der Waals surface area contributed by atoms with Crippen molar-refractivity contribution in [1.29, 1.82) is 0 Å². The SMILES string of the molecule is O=C(Nc1ccc2c(c1)CCCN2Cc1ccccc1Oc1ccccc1)c1cc([N+](=O)[O-])ccc1Cl. The maximum atomic E-state index is 12.8. The number of anilines is 2. The Morgan fingerprint density at radius 3 is 2.59 bits per heavy atom. The van der Waals surface area contributed by atoms with Crippen LogP contribution in [0.4, 0.5) is 17.1 Å². The van der Waals surface area contributed by atoms with Crippen molar-refractivity contribution in [3.63, 3.8) is 0 Å². The predicted octanol–water partition coefficient (Wildman–Crippen LogP) is 7.25. The number of hydrogen-bond donors (Lipinski definition) is 1. The number of fused-ring (bicyclic) bond motifs is 1. The first-order chi connectivity index (χ1) is 18.0. The van der Waals surface area contributed by atoms with Gasteiger partial charge in [-0.2, -0.15) is 0 Å². The molecule has 0 unspecified atom stereocenters. The number of carbonyl (C=O) groups excluding carboxylic acids is 1. The molecule has 1 heterocycles. The average molecular weight is 514 g/mol. The van der Waals surface area contributed by atoms with Crippen LogP contribution < -0.4 is 15.0 Å². The molecule has 0 fully saturated rings. The fourth-order valence-electron chi connectivity index (χ4n) is 4.47. The van der Waals surface area contributed by atoms with Crippen molar-refractivity contribution >= 4 is 34.6 Å². The van der Waals surface area contributed by atoms with Crippen molar-refractivity contribution in [2.45, 2.75) is 19.4 Å². The summed E-state index contributed by atoms with van der Waals surface area (Å²) in [6.07, 6.45) is 1.86. The van der Waals surface area contributed by atoms with E-state index in [1.165, 1.54) is 18.2 Å². The van der Waals surface area contributed by atoms with Crippen LogP contribution in [-0.2, 0) is 13.0 Å². The van der Waals surface area contributed by atoms with Crippen LogP contribution in [-0.4, -0.2) is 17.4 Å². The molecule has 0 saturated heterocycles. The highest BCUT2D eigenvalue weighted by Gasteiger charge is 2.21. The lowest BCUT2D eigenvalue weighted by atomic mass is 10.00. The molecule has 0 radical (unpaired) electrons. The lowest BCUT2D eigenvalue weighted by Gasteiger charge is -2.32. The fraction of sp³-hybridized carbons (Fsp3) is 0.138. The van der Waals surface area contributed by atoms with Crippen molar-refractivity contribution in [1.82, 2.24) is 0 Å². The van der Waals surface area contributed by atoms with Gasteiger partial charge in [-0.3, -0.25) is 14.9 Å². The zero-order chi connectivity index (χ0) is 25.8. The molecule has 1 N–H and O–H groups in total. The van der Waals surface area contributed by atoms with Crippen molar-refractivity contribution in [2.75, 3.05) is 16.8 Å². The van der Waals surface area contributed by atoms with Gasteiger partial charge in [-0.15, -0.1) is 0 Å². The topological polar surface area (TPSA) is 84.7 Å². The van der Waals surface area contributed by atoms with Crippen LogP contribution >= 0.6 is 11.6 Å². The van der Waals surface area contributed by atoms with Crippen LogP contribution in [0.25, 0.3) is 0 Å². The minimum atomic E-state index is -0.552. The Labute approximate surface area is 219 Å². The summed E-state index contributed by atoms with van der Waals surface area (Å²) in [5.74, 6) is 1.12. The summed E-state index contributed by atoms with van der Waals surface area (Å²) in [5, 5.41) is 14.1. The van der Waals surface area contributed by atoms with Crippen LogP contribution in [0.2, 0.25) is 5.02 Å². The number of nitrogens with zero attached hydrogens (tertiary/aromatic N) is 2. The normalized spacial score (nSPS) is 12.5. The zero-order valence-electron chi connectivity index (χ0n) is 19.9. The summed E-state index contributed by atoms with van der Waals surface area (Å²) >= 11 is 6.14. The molecule has 1 amide bonds. The number of non-ortho nitro benzene ring substituents is 1. The first-order valence-corrected chi connectivity index (χ1v) is 12.3. The highest BCUT2D eigenvalue weighted by atomic mass is 35.5. The first-order valence-electron chi connectivity index (χ1n) is 11.9. The second-order valence-corrected chi connectivity index (χ2v) is 9.17.